The third-order valence-electron chi connectivity index (χ3n) is 4.66. The Balaban J connectivity index is 1.96. The van der Waals surface area contributed by atoms with Crippen molar-refractivity contribution in [2.45, 2.75) is 38.6 Å². The summed E-state index contributed by atoms with van der Waals surface area (Å²) < 4.78 is 2.19. The van der Waals surface area contributed by atoms with Crippen LogP contribution in [0.1, 0.15) is 33.1 Å². The third-order valence-corrected chi connectivity index (χ3v) is 4.91. The quantitative estimate of drug-likeness (QED) is 0.691. The zero-order valence-electron chi connectivity index (χ0n) is 11.1. The van der Waals surface area contributed by atoms with Gasteiger partial charge in [0.15, 0.2) is 6.54 Å². The van der Waals surface area contributed by atoms with Crippen LogP contribution in [-0.4, -0.2) is 16.8 Å². The van der Waals surface area contributed by atoms with E-state index in [2.05, 4.69) is 30.7 Å². The molecule has 0 amide bonds. The Kier molecular flexibility index (Phi) is 2.93. The third kappa shape index (κ3) is 1.78. The molecule has 2 aliphatic rings. The Bertz CT molecular complexity index is 478. The Labute approximate surface area is 114 Å². The second-order valence-electron chi connectivity index (χ2n) is 5.89. The average Bonchev–Trinajstić information content (AvgIpc) is 2.87. The van der Waals surface area contributed by atoms with Gasteiger partial charge in [0.25, 0.3) is 0 Å². The predicted molar refractivity (Wildman–Crippen MR) is 73.6 cm³/mol. The van der Waals surface area contributed by atoms with E-state index in [-0.39, 0.29) is 5.54 Å². The molecule has 1 saturated carbocycles. The molecule has 1 aromatic carbocycles. The van der Waals surface area contributed by atoms with Crippen LogP contribution in [0.2, 0.25) is 5.02 Å². The maximum absolute atomic E-state index is 5.94. The summed E-state index contributed by atoms with van der Waals surface area (Å²) in [6.07, 6.45) is 3.91. The molecule has 0 spiro atoms. The van der Waals surface area contributed by atoms with Crippen molar-refractivity contribution in [2.24, 2.45) is 17.0 Å². The van der Waals surface area contributed by atoms with Gasteiger partial charge in [0.1, 0.15) is 5.54 Å². The molecule has 1 aliphatic carbocycles. The fourth-order valence-electron chi connectivity index (χ4n) is 3.59. The van der Waals surface area contributed by atoms with E-state index in [0.717, 1.165) is 17.5 Å². The molecule has 0 N–H and O–H groups in total. The van der Waals surface area contributed by atoms with Gasteiger partial charge >= 0.3 is 0 Å². The lowest BCUT2D eigenvalue weighted by Crippen LogP contribution is -2.34. The molecule has 96 valence electrons. The molecule has 0 bridgehead atoms. The van der Waals surface area contributed by atoms with E-state index in [1.165, 1.54) is 24.9 Å². The van der Waals surface area contributed by atoms with Gasteiger partial charge in [-0.25, -0.2) is 0 Å². The van der Waals surface area contributed by atoms with Crippen molar-refractivity contribution in [3.63, 3.8) is 0 Å². The number of fused-ring (bicyclic) bond motifs is 1. The van der Waals surface area contributed by atoms with E-state index in [1.54, 1.807) is 0 Å². The van der Waals surface area contributed by atoms with Gasteiger partial charge in [-0.15, -0.1) is 0 Å². The number of hydrogen-bond donors (Lipinski definition) is 0. The summed E-state index contributed by atoms with van der Waals surface area (Å²) in [7, 11) is 0. The van der Waals surface area contributed by atoms with Crippen molar-refractivity contribution in [3.8, 4) is 0 Å². The number of halogens is 1. The van der Waals surface area contributed by atoms with Crippen LogP contribution in [0, 0.1) is 11.8 Å². The highest BCUT2D eigenvalue weighted by atomic mass is 35.5. The zero-order chi connectivity index (χ0) is 12.8. The molecular formula is C15H20ClN2+. The topological polar surface area (TPSA) is 15.4 Å². The molecule has 0 saturated heterocycles. The largest absolute Gasteiger partial charge is 0.231 e. The normalized spacial score (nSPS) is 30.7. The van der Waals surface area contributed by atoms with Crippen LogP contribution in [0.25, 0.3) is 0 Å². The van der Waals surface area contributed by atoms with E-state index in [4.69, 9.17) is 16.7 Å². The molecule has 3 heteroatoms. The minimum absolute atomic E-state index is 0.194. The van der Waals surface area contributed by atoms with Crippen molar-refractivity contribution in [1.29, 1.82) is 0 Å². The highest BCUT2D eigenvalue weighted by Crippen LogP contribution is 2.48. The molecule has 1 heterocycles. The van der Waals surface area contributed by atoms with E-state index in [0.29, 0.717) is 5.92 Å². The fraction of sp³-hybridized carbons (Fsp3) is 0.600. The summed E-state index contributed by atoms with van der Waals surface area (Å²) in [6, 6.07) is 8.03. The molecule has 18 heavy (non-hydrogen) atoms. The van der Waals surface area contributed by atoms with Gasteiger partial charge in [0.2, 0.25) is 5.69 Å². The van der Waals surface area contributed by atoms with E-state index in [9.17, 15) is 0 Å². The summed E-state index contributed by atoms with van der Waals surface area (Å²) in [5.41, 5.74) is 1.37. The number of rotatable bonds is 2. The molecule has 1 aromatic rings. The Morgan fingerprint density at radius 1 is 1.33 bits per heavy atom. The number of azo groups is 2. The van der Waals surface area contributed by atoms with Crippen molar-refractivity contribution < 1.29 is 4.70 Å². The first-order valence-corrected chi connectivity index (χ1v) is 7.25. The fourth-order valence-corrected chi connectivity index (χ4v) is 3.72. The van der Waals surface area contributed by atoms with Crippen LogP contribution in [0.15, 0.2) is 29.4 Å². The van der Waals surface area contributed by atoms with Crippen LogP contribution in [0.4, 0.5) is 5.69 Å². The highest BCUT2D eigenvalue weighted by Gasteiger charge is 2.55. The van der Waals surface area contributed by atoms with Gasteiger partial charge in [-0.3, -0.25) is 0 Å². The maximum atomic E-state index is 5.94. The van der Waals surface area contributed by atoms with E-state index >= 15 is 0 Å². The molecule has 2 atom stereocenters. The monoisotopic (exact) mass is 263 g/mol. The minimum atomic E-state index is 0.194. The number of benzene rings is 1. The van der Waals surface area contributed by atoms with Crippen LogP contribution in [0.5, 0.6) is 0 Å². The number of nitrogens with zero attached hydrogens (tertiary/aromatic N) is 2. The first-order valence-electron chi connectivity index (χ1n) is 6.88. The van der Waals surface area contributed by atoms with Crippen molar-refractivity contribution >= 4 is 17.3 Å². The lowest BCUT2D eigenvalue weighted by atomic mass is 9.79. The maximum Gasteiger partial charge on any atom is 0.231 e. The lowest BCUT2D eigenvalue weighted by molar-refractivity contribution is -0.504. The first kappa shape index (κ1) is 12.2. The molecule has 2 nitrogen and oxygen atoms in total. The van der Waals surface area contributed by atoms with Crippen molar-refractivity contribution in [3.05, 3.63) is 29.3 Å². The molecular weight excluding hydrogens is 244 g/mol. The lowest BCUT2D eigenvalue weighted by Gasteiger charge is -2.24. The van der Waals surface area contributed by atoms with Crippen LogP contribution in [-0.2, 0) is 0 Å². The summed E-state index contributed by atoms with van der Waals surface area (Å²) >= 11 is 5.94. The van der Waals surface area contributed by atoms with Crippen molar-refractivity contribution in [1.82, 2.24) is 0 Å². The van der Waals surface area contributed by atoms with Gasteiger partial charge < -0.3 is 0 Å². The summed E-state index contributed by atoms with van der Waals surface area (Å²) in [5.74, 6) is 1.36. The van der Waals surface area contributed by atoms with Gasteiger partial charge in [-0.1, -0.05) is 36.6 Å². The van der Waals surface area contributed by atoms with Gasteiger partial charge in [0, 0.05) is 17.2 Å². The minimum Gasteiger partial charge on any atom is -0.0881 e. The second kappa shape index (κ2) is 4.34. The van der Waals surface area contributed by atoms with Gasteiger partial charge in [-0.2, -0.15) is 0 Å². The summed E-state index contributed by atoms with van der Waals surface area (Å²) in [4.78, 5) is 0. The predicted octanol–water partition coefficient (Wildman–Crippen LogP) is 4.64. The molecule has 0 unspecified atom stereocenters. The van der Waals surface area contributed by atoms with E-state index < -0.39 is 0 Å². The Hall–Kier alpha value is -0.890. The smallest absolute Gasteiger partial charge is 0.0881 e. The number of hydrogen-bond acceptors (Lipinski definition) is 1. The van der Waals surface area contributed by atoms with Crippen LogP contribution in [0.3, 0.4) is 0 Å². The van der Waals surface area contributed by atoms with E-state index in [1.807, 2.05) is 12.1 Å². The van der Waals surface area contributed by atoms with Gasteiger partial charge in [-0.05, 0) is 36.0 Å². The standard InChI is InChI=1S/C15H20ClN2/c1-11(2)15-9-3-4-12(15)10-18(17-15)14-7-5-13(16)6-8-14/h5-8,11-12H,3-4,9-10H2,1-2H3/q+1/t12-,15+/m0/s1. The van der Waals surface area contributed by atoms with Crippen LogP contribution < -0.4 is 0 Å². The van der Waals surface area contributed by atoms with Gasteiger partial charge in [0.05, 0.1) is 5.92 Å². The SMILES string of the molecule is CC(C)[C@]12CCC[C@H]1C[N+](c1ccc(Cl)cc1)=N2. The highest BCUT2D eigenvalue weighted by molar-refractivity contribution is 6.30. The Morgan fingerprint density at radius 3 is 2.67 bits per heavy atom. The molecule has 0 aromatic heterocycles. The zero-order valence-corrected chi connectivity index (χ0v) is 11.8. The summed E-state index contributed by atoms with van der Waals surface area (Å²) in [5, 5.41) is 5.86. The Morgan fingerprint density at radius 2 is 2.06 bits per heavy atom. The van der Waals surface area contributed by atoms with Crippen LogP contribution >= 0.6 is 11.6 Å². The average molecular weight is 264 g/mol. The molecule has 1 aliphatic heterocycles. The first-order chi connectivity index (χ1) is 8.62. The molecule has 1 fully saturated rings. The molecule has 3 rings (SSSR count). The summed E-state index contributed by atoms with van der Waals surface area (Å²) in [6.45, 7) is 5.69. The van der Waals surface area contributed by atoms with Crippen molar-refractivity contribution in [2.75, 3.05) is 6.54 Å². The molecule has 0 radical (unpaired) electrons. The second-order valence-corrected chi connectivity index (χ2v) is 6.33.